The smallest absolute Gasteiger partial charge is 0.191 e. The molecule has 0 fully saturated rings. The van der Waals surface area contributed by atoms with Gasteiger partial charge in [-0.3, -0.25) is 4.99 Å². The minimum absolute atomic E-state index is 0.371. The fourth-order valence-corrected chi connectivity index (χ4v) is 3.34. The number of aliphatic imine (C=N–C) groups is 1. The molecule has 1 aliphatic heterocycles. The topological polar surface area (TPSA) is 65.7 Å². The summed E-state index contributed by atoms with van der Waals surface area (Å²) in [6.45, 7) is 8.83. The molecule has 6 heteroatoms. The summed E-state index contributed by atoms with van der Waals surface area (Å²) in [5, 5.41) is 10.7. The van der Waals surface area contributed by atoms with Crippen LogP contribution in [0.2, 0.25) is 0 Å². The molecule has 1 atom stereocenters. The molecule has 0 bridgehead atoms. The quantitative estimate of drug-likeness (QED) is 0.616. The van der Waals surface area contributed by atoms with Crippen LogP contribution in [-0.2, 0) is 13.0 Å². The molecule has 140 valence electrons. The molecular weight excluding hydrogens is 326 g/mol. The molecule has 1 unspecified atom stereocenters. The Morgan fingerprint density at radius 3 is 2.88 bits per heavy atom. The van der Waals surface area contributed by atoms with Gasteiger partial charge in [-0.1, -0.05) is 37.2 Å². The normalized spacial score (nSPS) is 16.9. The summed E-state index contributed by atoms with van der Waals surface area (Å²) in [6, 6.07) is 11.2. The predicted octanol–water partition coefficient (Wildman–Crippen LogP) is 2.91. The Labute approximate surface area is 155 Å². The highest BCUT2D eigenvalue weighted by atomic mass is 16.5. The highest BCUT2D eigenvalue weighted by molar-refractivity contribution is 5.79. The largest absolute Gasteiger partial charge is 0.367 e. The summed E-state index contributed by atoms with van der Waals surface area (Å²) < 4.78 is 5.36. The molecule has 6 nitrogen and oxygen atoms in total. The standard InChI is InChI=1S/C20H29N5O/c1-14(2)18-12-17(26-24-18)13-23-20(21-4)22-9-10-25-15(3)11-16-7-5-6-8-19(16)25/h5-8,12,14-15H,9-11,13H2,1-4H3,(H2,21,22,23). The van der Waals surface area contributed by atoms with E-state index in [9.17, 15) is 0 Å². The van der Waals surface area contributed by atoms with Crippen LogP contribution in [0.3, 0.4) is 0 Å². The third-order valence-corrected chi connectivity index (χ3v) is 4.82. The lowest BCUT2D eigenvalue weighted by Gasteiger charge is -2.25. The Hall–Kier alpha value is -2.50. The lowest BCUT2D eigenvalue weighted by molar-refractivity contribution is 0.372. The van der Waals surface area contributed by atoms with Gasteiger partial charge in [-0.15, -0.1) is 0 Å². The molecule has 2 heterocycles. The fraction of sp³-hybridized carbons (Fsp3) is 0.500. The minimum Gasteiger partial charge on any atom is -0.367 e. The number of anilines is 1. The van der Waals surface area contributed by atoms with Crippen LogP contribution in [0.25, 0.3) is 0 Å². The van der Waals surface area contributed by atoms with Crippen LogP contribution in [0.5, 0.6) is 0 Å². The number of fused-ring (bicyclic) bond motifs is 1. The predicted molar refractivity (Wildman–Crippen MR) is 106 cm³/mol. The number of nitrogens with one attached hydrogen (secondary N) is 2. The van der Waals surface area contributed by atoms with Crippen LogP contribution in [0.1, 0.15) is 43.7 Å². The summed E-state index contributed by atoms with van der Waals surface area (Å²) in [5.74, 6) is 1.96. The van der Waals surface area contributed by atoms with Crippen molar-refractivity contribution in [1.29, 1.82) is 0 Å². The fourth-order valence-electron chi connectivity index (χ4n) is 3.34. The van der Waals surface area contributed by atoms with Gasteiger partial charge in [-0.25, -0.2) is 0 Å². The molecule has 1 aliphatic rings. The van der Waals surface area contributed by atoms with E-state index in [1.807, 2.05) is 6.07 Å². The van der Waals surface area contributed by atoms with Crippen molar-refractivity contribution < 1.29 is 4.52 Å². The van der Waals surface area contributed by atoms with Gasteiger partial charge < -0.3 is 20.1 Å². The average Bonchev–Trinajstić information content (AvgIpc) is 3.22. The van der Waals surface area contributed by atoms with E-state index in [4.69, 9.17) is 4.52 Å². The minimum atomic E-state index is 0.371. The van der Waals surface area contributed by atoms with Crippen molar-refractivity contribution in [3.05, 3.63) is 47.3 Å². The highest BCUT2D eigenvalue weighted by Gasteiger charge is 2.24. The number of benzene rings is 1. The third-order valence-electron chi connectivity index (χ3n) is 4.82. The van der Waals surface area contributed by atoms with Crippen LogP contribution < -0.4 is 15.5 Å². The molecular formula is C20H29N5O. The molecule has 2 aromatic rings. The maximum absolute atomic E-state index is 5.36. The van der Waals surface area contributed by atoms with Gasteiger partial charge >= 0.3 is 0 Å². The number of guanidine groups is 1. The molecule has 1 aromatic carbocycles. The Kier molecular flexibility index (Phi) is 5.81. The molecule has 0 aliphatic carbocycles. The lowest BCUT2D eigenvalue weighted by atomic mass is 10.1. The number of para-hydroxylation sites is 1. The zero-order chi connectivity index (χ0) is 18.5. The summed E-state index contributed by atoms with van der Waals surface area (Å²) in [5.41, 5.74) is 3.77. The first kappa shape index (κ1) is 18.3. The monoisotopic (exact) mass is 355 g/mol. The SMILES string of the molecule is CN=C(NCCN1c2ccccc2CC1C)NCc1cc(C(C)C)no1. The molecule has 3 rings (SSSR count). The third kappa shape index (κ3) is 4.18. The van der Waals surface area contributed by atoms with Gasteiger partial charge in [0, 0.05) is 37.9 Å². The molecule has 0 radical (unpaired) electrons. The van der Waals surface area contributed by atoms with Crippen LogP contribution in [-0.4, -0.2) is 37.3 Å². The Morgan fingerprint density at radius 2 is 2.15 bits per heavy atom. The first-order chi connectivity index (χ1) is 12.6. The number of rotatable bonds is 6. The van der Waals surface area contributed by atoms with E-state index in [1.165, 1.54) is 11.3 Å². The van der Waals surface area contributed by atoms with Crippen molar-refractivity contribution in [2.45, 2.75) is 45.7 Å². The average molecular weight is 355 g/mol. The van der Waals surface area contributed by atoms with E-state index in [0.29, 0.717) is 18.5 Å². The summed E-state index contributed by atoms with van der Waals surface area (Å²) in [4.78, 5) is 6.75. The number of hydrogen-bond donors (Lipinski definition) is 2. The van der Waals surface area contributed by atoms with Crippen molar-refractivity contribution in [1.82, 2.24) is 15.8 Å². The van der Waals surface area contributed by atoms with E-state index in [2.05, 4.69) is 70.7 Å². The second kappa shape index (κ2) is 8.25. The maximum atomic E-state index is 5.36. The zero-order valence-corrected chi connectivity index (χ0v) is 16.1. The van der Waals surface area contributed by atoms with E-state index in [0.717, 1.165) is 36.9 Å². The van der Waals surface area contributed by atoms with Crippen molar-refractivity contribution in [2.24, 2.45) is 4.99 Å². The van der Waals surface area contributed by atoms with Gasteiger partial charge in [0.05, 0.1) is 12.2 Å². The van der Waals surface area contributed by atoms with Gasteiger partial charge in [0.1, 0.15) is 0 Å². The molecule has 2 N–H and O–H groups in total. The molecule has 26 heavy (non-hydrogen) atoms. The van der Waals surface area contributed by atoms with E-state index in [-0.39, 0.29) is 0 Å². The first-order valence-electron chi connectivity index (χ1n) is 9.33. The summed E-state index contributed by atoms with van der Waals surface area (Å²) in [7, 11) is 1.78. The molecule has 1 aromatic heterocycles. The highest BCUT2D eigenvalue weighted by Crippen LogP contribution is 2.31. The van der Waals surface area contributed by atoms with Crippen LogP contribution in [0.4, 0.5) is 5.69 Å². The Morgan fingerprint density at radius 1 is 1.35 bits per heavy atom. The number of nitrogens with zero attached hydrogens (tertiary/aromatic N) is 3. The van der Waals surface area contributed by atoms with Crippen molar-refractivity contribution in [3.63, 3.8) is 0 Å². The van der Waals surface area contributed by atoms with Crippen LogP contribution in [0, 0.1) is 0 Å². The zero-order valence-electron chi connectivity index (χ0n) is 16.1. The van der Waals surface area contributed by atoms with Gasteiger partial charge in [-0.2, -0.15) is 0 Å². The number of hydrogen-bond acceptors (Lipinski definition) is 4. The van der Waals surface area contributed by atoms with E-state index in [1.54, 1.807) is 7.05 Å². The summed E-state index contributed by atoms with van der Waals surface area (Å²) >= 11 is 0. The van der Waals surface area contributed by atoms with Gasteiger partial charge in [-0.05, 0) is 30.9 Å². The van der Waals surface area contributed by atoms with Gasteiger partial charge in [0.25, 0.3) is 0 Å². The Bertz CT molecular complexity index is 752. The van der Waals surface area contributed by atoms with Crippen molar-refractivity contribution in [2.75, 3.05) is 25.0 Å². The molecule has 0 spiro atoms. The Balaban J connectivity index is 1.47. The van der Waals surface area contributed by atoms with Crippen LogP contribution >= 0.6 is 0 Å². The van der Waals surface area contributed by atoms with Gasteiger partial charge in [0.15, 0.2) is 11.7 Å². The summed E-state index contributed by atoms with van der Waals surface area (Å²) in [6.07, 6.45) is 1.12. The van der Waals surface area contributed by atoms with E-state index < -0.39 is 0 Å². The lowest BCUT2D eigenvalue weighted by Crippen LogP contribution is -2.42. The molecule has 0 saturated heterocycles. The molecule has 0 saturated carbocycles. The van der Waals surface area contributed by atoms with Crippen molar-refractivity contribution in [3.8, 4) is 0 Å². The second-order valence-electron chi connectivity index (χ2n) is 7.10. The van der Waals surface area contributed by atoms with E-state index >= 15 is 0 Å². The first-order valence-corrected chi connectivity index (χ1v) is 9.33. The second-order valence-corrected chi connectivity index (χ2v) is 7.10. The maximum Gasteiger partial charge on any atom is 0.191 e. The number of aromatic nitrogens is 1. The van der Waals surface area contributed by atoms with Crippen molar-refractivity contribution >= 4 is 11.6 Å². The van der Waals surface area contributed by atoms with Gasteiger partial charge in [0.2, 0.25) is 0 Å². The van der Waals surface area contributed by atoms with Crippen LogP contribution in [0.15, 0.2) is 39.8 Å². The molecule has 0 amide bonds.